The lowest BCUT2D eigenvalue weighted by molar-refractivity contribution is -0.164. The number of aliphatic hydroxyl groups is 1. The fraction of sp³-hybridized carbons (Fsp3) is 0.417. The van der Waals surface area contributed by atoms with Crippen molar-refractivity contribution in [3.05, 3.63) is 66.5 Å². The Kier molecular flexibility index (Phi) is 6.16. The Morgan fingerprint density at radius 1 is 1.10 bits per heavy atom. The second kappa shape index (κ2) is 8.98. The van der Waals surface area contributed by atoms with Gasteiger partial charge in [0.25, 0.3) is 0 Å². The molecule has 2 atom stereocenters. The van der Waals surface area contributed by atoms with E-state index < -0.39 is 17.5 Å². The first kappa shape index (κ1) is 20.6. The Labute approximate surface area is 176 Å². The van der Waals surface area contributed by atoms with Gasteiger partial charge in [0.05, 0.1) is 23.5 Å². The summed E-state index contributed by atoms with van der Waals surface area (Å²) in [6.45, 7) is 2.57. The molecular formula is C24H29N3O3. The number of aliphatic carboxylic acids is 1. The molecule has 0 spiro atoms. The van der Waals surface area contributed by atoms with Gasteiger partial charge in [-0.1, -0.05) is 42.5 Å². The minimum absolute atomic E-state index is 0.380. The number of aliphatic hydroxyl groups excluding tert-OH is 1. The highest BCUT2D eigenvalue weighted by Crippen LogP contribution is 2.36. The van der Waals surface area contributed by atoms with Gasteiger partial charge in [-0.05, 0) is 43.4 Å². The number of carboxylic acid groups (broad SMARTS) is 1. The lowest BCUT2D eigenvalue weighted by atomic mass is 9.73. The Bertz CT molecular complexity index is 988. The third-order valence-electron chi connectivity index (χ3n) is 6.40. The van der Waals surface area contributed by atoms with Crippen LogP contribution in [0.15, 0.2) is 60.9 Å². The third-order valence-corrected chi connectivity index (χ3v) is 6.40. The maximum absolute atomic E-state index is 12.3. The molecule has 6 nitrogen and oxygen atoms in total. The van der Waals surface area contributed by atoms with E-state index in [2.05, 4.69) is 26.6 Å². The fourth-order valence-electron chi connectivity index (χ4n) is 4.61. The van der Waals surface area contributed by atoms with E-state index in [-0.39, 0.29) is 0 Å². The summed E-state index contributed by atoms with van der Waals surface area (Å²) >= 11 is 0. The molecule has 2 aromatic carbocycles. The number of para-hydroxylation sites is 2. The molecule has 30 heavy (non-hydrogen) atoms. The minimum atomic E-state index is -1.11. The van der Waals surface area contributed by atoms with Crippen LogP contribution >= 0.6 is 0 Å². The van der Waals surface area contributed by atoms with Crippen molar-refractivity contribution in [3.63, 3.8) is 0 Å². The van der Waals surface area contributed by atoms with Crippen molar-refractivity contribution in [1.29, 1.82) is 0 Å². The number of rotatable bonds is 8. The number of hydrogen-bond acceptors (Lipinski definition) is 4. The number of likely N-dealkylation sites (tertiary alicyclic amines) is 1. The van der Waals surface area contributed by atoms with E-state index in [1.165, 1.54) is 5.56 Å². The highest BCUT2D eigenvalue weighted by molar-refractivity contribution is 5.76. The van der Waals surface area contributed by atoms with Crippen molar-refractivity contribution in [2.24, 2.45) is 5.41 Å². The monoisotopic (exact) mass is 407 g/mol. The van der Waals surface area contributed by atoms with Gasteiger partial charge in [0.15, 0.2) is 0 Å². The number of benzene rings is 2. The largest absolute Gasteiger partial charge is 0.481 e. The van der Waals surface area contributed by atoms with Gasteiger partial charge in [0.2, 0.25) is 0 Å². The summed E-state index contributed by atoms with van der Waals surface area (Å²) in [4.78, 5) is 18.9. The summed E-state index contributed by atoms with van der Waals surface area (Å²) in [5, 5.41) is 20.7. The average Bonchev–Trinajstić information content (AvgIpc) is 3.18. The number of hydrogen-bond donors (Lipinski definition) is 2. The van der Waals surface area contributed by atoms with Crippen LogP contribution in [0.3, 0.4) is 0 Å². The van der Waals surface area contributed by atoms with Crippen LogP contribution in [-0.2, 0) is 17.8 Å². The molecule has 2 heterocycles. The Hall–Kier alpha value is -2.70. The molecule has 0 aliphatic carbocycles. The van der Waals surface area contributed by atoms with Crippen LogP contribution in [0.5, 0.6) is 0 Å². The summed E-state index contributed by atoms with van der Waals surface area (Å²) in [7, 11) is 0. The van der Waals surface area contributed by atoms with Crippen molar-refractivity contribution in [2.45, 2.75) is 38.3 Å². The molecule has 1 aliphatic rings. The van der Waals surface area contributed by atoms with E-state index >= 15 is 0 Å². The lowest BCUT2D eigenvalue weighted by Crippen LogP contribution is -2.56. The zero-order chi connectivity index (χ0) is 21.0. The second-order valence-corrected chi connectivity index (χ2v) is 8.31. The molecule has 0 bridgehead atoms. The number of aryl methyl sites for hydroxylation is 1. The Morgan fingerprint density at radius 3 is 2.67 bits per heavy atom. The van der Waals surface area contributed by atoms with Crippen LogP contribution < -0.4 is 0 Å². The van der Waals surface area contributed by atoms with Crippen LogP contribution in [-0.4, -0.2) is 56.4 Å². The molecule has 4 rings (SSSR count). The number of carbonyl (C=O) groups is 1. The molecule has 0 saturated carbocycles. The van der Waals surface area contributed by atoms with Crippen molar-refractivity contribution < 1.29 is 15.0 Å². The van der Waals surface area contributed by atoms with Gasteiger partial charge < -0.3 is 19.7 Å². The smallest absolute Gasteiger partial charge is 0.313 e. The summed E-state index contributed by atoms with van der Waals surface area (Å²) < 4.78 is 2.11. The topological polar surface area (TPSA) is 78.6 Å². The molecule has 2 N–H and O–H groups in total. The molecule has 6 heteroatoms. The first-order chi connectivity index (χ1) is 14.6. The van der Waals surface area contributed by atoms with E-state index in [1.54, 1.807) is 0 Å². The van der Waals surface area contributed by atoms with Crippen molar-refractivity contribution in [3.8, 4) is 0 Å². The van der Waals surface area contributed by atoms with E-state index in [0.717, 1.165) is 37.0 Å². The fourth-order valence-corrected chi connectivity index (χ4v) is 4.61. The summed E-state index contributed by atoms with van der Waals surface area (Å²) in [5.41, 5.74) is 2.14. The lowest BCUT2D eigenvalue weighted by Gasteiger charge is -2.43. The molecule has 1 aromatic heterocycles. The molecule has 0 radical (unpaired) electrons. The van der Waals surface area contributed by atoms with Crippen LogP contribution in [0.4, 0.5) is 0 Å². The maximum Gasteiger partial charge on any atom is 0.313 e. The quantitative estimate of drug-likeness (QED) is 0.600. The summed E-state index contributed by atoms with van der Waals surface area (Å²) in [5.74, 6) is -0.888. The van der Waals surface area contributed by atoms with Gasteiger partial charge in [0.1, 0.15) is 5.41 Å². The third kappa shape index (κ3) is 4.25. The normalized spacial score (nSPS) is 22.4. The first-order valence-corrected chi connectivity index (χ1v) is 10.7. The highest BCUT2D eigenvalue weighted by Gasteiger charge is 2.48. The molecule has 1 aliphatic heterocycles. The average molecular weight is 408 g/mol. The molecule has 0 unspecified atom stereocenters. The van der Waals surface area contributed by atoms with Gasteiger partial charge >= 0.3 is 5.97 Å². The zero-order valence-corrected chi connectivity index (χ0v) is 17.2. The minimum Gasteiger partial charge on any atom is -0.481 e. The number of carboxylic acids is 1. The first-order valence-electron chi connectivity index (χ1n) is 10.7. The summed E-state index contributed by atoms with van der Waals surface area (Å²) in [6.07, 6.45) is 3.56. The Morgan fingerprint density at radius 2 is 1.87 bits per heavy atom. The van der Waals surface area contributed by atoms with Crippen LogP contribution in [0.25, 0.3) is 11.0 Å². The molecule has 1 saturated heterocycles. The predicted molar refractivity (Wildman–Crippen MR) is 116 cm³/mol. The predicted octanol–water partition coefficient (Wildman–Crippen LogP) is 3.20. The van der Waals surface area contributed by atoms with Gasteiger partial charge in [0, 0.05) is 26.2 Å². The van der Waals surface area contributed by atoms with Gasteiger partial charge in [-0.2, -0.15) is 0 Å². The van der Waals surface area contributed by atoms with Crippen molar-refractivity contribution in [2.75, 3.05) is 19.6 Å². The van der Waals surface area contributed by atoms with E-state index in [0.29, 0.717) is 25.9 Å². The van der Waals surface area contributed by atoms with Gasteiger partial charge in [-0.25, -0.2) is 4.98 Å². The van der Waals surface area contributed by atoms with E-state index in [1.807, 2.05) is 48.8 Å². The van der Waals surface area contributed by atoms with Crippen molar-refractivity contribution >= 4 is 17.0 Å². The maximum atomic E-state index is 12.3. The van der Waals surface area contributed by atoms with Gasteiger partial charge in [-0.3, -0.25) is 4.79 Å². The molecule has 3 aromatic rings. The highest BCUT2D eigenvalue weighted by atomic mass is 16.4. The molecular weight excluding hydrogens is 378 g/mol. The zero-order valence-electron chi connectivity index (χ0n) is 17.2. The number of fused-ring (bicyclic) bond motifs is 1. The van der Waals surface area contributed by atoms with Gasteiger partial charge in [-0.15, -0.1) is 0 Å². The van der Waals surface area contributed by atoms with Crippen LogP contribution in [0.1, 0.15) is 24.8 Å². The molecule has 0 amide bonds. The standard InChI is InChI=1S/C24H29N3O3/c28-22-12-14-26(15-16-27-18-25-20-10-4-5-11-21(20)27)17-24(22,23(29)30)13-6-9-19-7-2-1-3-8-19/h1-5,7-8,10-11,18,22,28H,6,9,12-17H2,(H,29,30)/t22-,24-/m1/s1. The SMILES string of the molecule is O=C(O)[C@]1(CCCc2ccccc2)CN(CCn2cnc3ccccc32)CC[C@H]1O. The number of piperidine rings is 1. The second-order valence-electron chi connectivity index (χ2n) is 8.31. The van der Waals surface area contributed by atoms with E-state index in [4.69, 9.17) is 0 Å². The van der Waals surface area contributed by atoms with Crippen molar-refractivity contribution in [1.82, 2.24) is 14.5 Å². The van der Waals surface area contributed by atoms with Crippen LogP contribution in [0, 0.1) is 5.41 Å². The molecule has 158 valence electrons. The number of nitrogens with zero attached hydrogens (tertiary/aromatic N) is 3. The summed E-state index contributed by atoms with van der Waals surface area (Å²) in [6, 6.07) is 18.1. The van der Waals surface area contributed by atoms with E-state index in [9.17, 15) is 15.0 Å². The Balaban J connectivity index is 1.41. The number of aromatic nitrogens is 2. The molecule has 1 fully saturated rings. The van der Waals surface area contributed by atoms with Crippen LogP contribution in [0.2, 0.25) is 0 Å². The number of imidazole rings is 1.